The molecule has 2 aromatic heterocycles. The van der Waals surface area contributed by atoms with Crippen LogP contribution in [-0.4, -0.2) is 30.8 Å². The molecule has 6 heteroatoms. The summed E-state index contributed by atoms with van der Waals surface area (Å²) < 4.78 is 2.02. The van der Waals surface area contributed by atoms with E-state index in [-0.39, 0.29) is 11.5 Å². The molecule has 1 aliphatic heterocycles. The number of carboxylic acid groups (broad SMARTS) is 1. The van der Waals surface area contributed by atoms with Gasteiger partial charge in [-0.2, -0.15) is 5.10 Å². The first-order valence-electron chi connectivity index (χ1n) is 7.39. The van der Waals surface area contributed by atoms with E-state index in [0.29, 0.717) is 11.5 Å². The van der Waals surface area contributed by atoms with Gasteiger partial charge in [-0.3, -0.25) is 4.68 Å². The van der Waals surface area contributed by atoms with Crippen LogP contribution in [0, 0.1) is 0 Å². The number of aromatic nitrogens is 4. The van der Waals surface area contributed by atoms with Crippen LogP contribution in [0.5, 0.6) is 0 Å². The molecule has 2 aromatic rings. The van der Waals surface area contributed by atoms with E-state index in [1.807, 2.05) is 24.6 Å². The lowest BCUT2D eigenvalue weighted by Crippen LogP contribution is -2.08. The Morgan fingerprint density at radius 1 is 1.41 bits per heavy atom. The van der Waals surface area contributed by atoms with Gasteiger partial charge >= 0.3 is 5.97 Å². The lowest BCUT2D eigenvalue weighted by Gasteiger charge is -2.08. The number of hydrogen-bond donors (Lipinski definition) is 1. The molecule has 114 valence electrons. The predicted molar refractivity (Wildman–Crippen MR) is 82.6 cm³/mol. The van der Waals surface area contributed by atoms with Crippen molar-refractivity contribution in [3.63, 3.8) is 0 Å². The maximum Gasteiger partial charge on any atom is 0.339 e. The van der Waals surface area contributed by atoms with Crippen molar-refractivity contribution in [3.05, 3.63) is 40.7 Å². The molecule has 0 spiro atoms. The second kappa shape index (κ2) is 5.71. The number of rotatable bonds is 4. The van der Waals surface area contributed by atoms with Crippen molar-refractivity contribution in [2.45, 2.75) is 39.2 Å². The molecule has 3 rings (SSSR count). The zero-order valence-electron chi connectivity index (χ0n) is 12.7. The van der Waals surface area contributed by atoms with Crippen molar-refractivity contribution in [2.75, 3.05) is 0 Å². The highest BCUT2D eigenvalue weighted by Crippen LogP contribution is 2.19. The molecule has 0 radical (unpaired) electrons. The Hall–Kier alpha value is -2.50. The van der Waals surface area contributed by atoms with Crippen molar-refractivity contribution in [1.82, 2.24) is 19.7 Å². The van der Waals surface area contributed by atoms with Crippen LogP contribution in [0.1, 0.15) is 59.5 Å². The van der Waals surface area contributed by atoms with E-state index in [0.717, 1.165) is 25.1 Å². The quantitative estimate of drug-likeness (QED) is 0.938. The predicted octanol–water partition coefficient (Wildman–Crippen LogP) is 2.61. The van der Waals surface area contributed by atoms with Crippen molar-refractivity contribution in [2.24, 2.45) is 0 Å². The second-order valence-electron chi connectivity index (χ2n) is 5.71. The minimum Gasteiger partial charge on any atom is -0.478 e. The molecule has 0 aromatic carbocycles. The summed E-state index contributed by atoms with van der Waals surface area (Å²) in [6.45, 7) is 4.81. The largest absolute Gasteiger partial charge is 0.478 e. The van der Waals surface area contributed by atoms with Crippen LogP contribution in [-0.2, 0) is 13.0 Å². The number of nitrogens with zero attached hydrogens (tertiary/aromatic N) is 4. The molecule has 3 heterocycles. The first-order valence-corrected chi connectivity index (χ1v) is 7.39. The summed E-state index contributed by atoms with van der Waals surface area (Å²) >= 11 is 0. The summed E-state index contributed by atoms with van der Waals surface area (Å²) in [5.74, 6) is -0.468. The zero-order valence-corrected chi connectivity index (χ0v) is 12.7. The number of carboxylic acids is 1. The zero-order chi connectivity index (χ0) is 15.7. The molecule has 1 aliphatic rings. The van der Waals surface area contributed by atoms with Gasteiger partial charge in [-0.25, -0.2) is 14.8 Å². The standard InChI is InChI=1S/C16H18N4O2/c1-10(2)15-13(16(21)22)9-17-14(18-15)6-5-11-8-12-4-3-7-20(12)19-11/h5-6,8-10H,3-4,7H2,1-2H3,(H,21,22). The average Bonchev–Trinajstić information content (AvgIpc) is 3.05. The fourth-order valence-electron chi connectivity index (χ4n) is 2.62. The van der Waals surface area contributed by atoms with Gasteiger partial charge in [-0.05, 0) is 37.0 Å². The van der Waals surface area contributed by atoms with Gasteiger partial charge in [0.25, 0.3) is 0 Å². The Labute approximate surface area is 128 Å². The highest BCUT2D eigenvalue weighted by atomic mass is 16.4. The number of fused-ring (bicyclic) bond motifs is 1. The van der Waals surface area contributed by atoms with Gasteiger partial charge in [0.05, 0.1) is 17.0 Å². The highest BCUT2D eigenvalue weighted by Gasteiger charge is 2.16. The summed E-state index contributed by atoms with van der Waals surface area (Å²) in [4.78, 5) is 19.7. The molecule has 0 saturated carbocycles. The Balaban J connectivity index is 1.86. The minimum absolute atomic E-state index is 0.0256. The van der Waals surface area contributed by atoms with E-state index < -0.39 is 5.97 Å². The number of carbonyl (C=O) groups is 1. The van der Waals surface area contributed by atoms with Crippen LogP contribution in [0.3, 0.4) is 0 Å². The van der Waals surface area contributed by atoms with E-state index in [1.165, 1.54) is 11.9 Å². The average molecular weight is 298 g/mol. The molecular weight excluding hydrogens is 280 g/mol. The Morgan fingerprint density at radius 3 is 2.91 bits per heavy atom. The van der Waals surface area contributed by atoms with Gasteiger partial charge in [-0.1, -0.05) is 13.8 Å². The van der Waals surface area contributed by atoms with Gasteiger partial charge in [-0.15, -0.1) is 0 Å². The minimum atomic E-state index is -0.996. The lowest BCUT2D eigenvalue weighted by atomic mass is 10.1. The maximum absolute atomic E-state index is 11.2. The number of aromatic carboxylic acids is 1. The van der Waals surface area contributed by atoms with Crippen molar-refractivity contribution < 1.29 is 9.90 Å². The molecule has 0 bridgehead atoms. The summed E-state index contributed by atoms with van der Waals surface area (Å²) in [6, 6.07) is 2.07. The summed E-state index contributed by atoms with van der Waals surface area (Å²) in [6.07, 6.45) is 7.24. The number of aryl methyl sites for hydroxylation is 2. The Morgan fingerprint density at radius 2 is 2.23 bits per heavy atom. The molecule has 6 nitrogen and oxygen atoms in total. The third kappa shape index (κ3) is 2.77. The fourth-order valence-corrected chi connectivity index (χ4v) is 2.62. The van der Waals surface area contributed by atoms with Crippen LogP contribution in [0.4, 0.5) is 0 Å². The van der Waals surface area contributed by atoms with E-state index in [9.17, 15) is 4.79 Å². The van der Waals surface area contributed by atoms with Gasteiger partial charge in [0.15, 0.2) is 5.82 Å². The molecular formula is C16H18N4O2. The first-order chi connectivity index (χ1) is 10.5. The van der Waals surface area contributed by atoms with Gasteiger partial charge in [0.2, 0.25) is 0 Å². The van der Waals surface area contributed by atoms with E-state index >= 15 is 0 Å². The monoisotopic (exact) mass is 298 g/mol. The van der Waals surface area contributed by atoms with Crippen LogP contribution in [0.25, 0.3) is 12.2 Å². The highest BCUT2D eigenvalue weighted by molar-refractivity contribution is 5.88. The number of hydrogen-bond acceptors (Lipinski definition) is 4. The molecule has 0 atom stereocenters. The van der Waals surface area contributed by atoms with Crippen molar-refractivity contribution in [3.8, 4) is 0 Å². The molecule has 1 N–H and O–H groups in total. The Bertz CT molecular complexity index is 725. The summed E-state index contributed by atoms with van der Waals surface area (Å²) in [7, 11) is 0. The van der Waals surface area contributed by atoms with Crippen molar-refractivity contribution in [1.29, 1.82) is 0 Å². The molecule has 22 heavy (non-hydrogen) atoms. The topological polar surface area (TPSA) is 80.9 Å². The molecule has 0 unspecified atom stereocenters. The van der Waals surface area contributed by atoms with Crippen LogP contribution < -0.4 is 0 Å². The van der Waals surface area contributed by atoms with Crippen molar-refractivity contribution >= 4 is 18.1 Å². The fraction of sp³-hybridized carbons (Fsp3) is 0.375. The van der Waals surface area contributed by atoms with E-state index in [1.54, 1.807) is 6.08 Å². The van der Waals surface area contributed by atoms with E-state index in [2.05, 4.69) is 21.1 Å². The normalized spacial score (nSPS) is 14.0. The van der Waals surface area contributed by atoms with Gasteiger partial charge in [0, 0.05) is 18.4 Å². The SMILES string of the molecule is CC(C)c1nc(C=Cc2cc3n(n2)CCC3)ncc1C(=O)O. The molecule has 0 amide bonds. The molecule has 0 saturated heterocycles. The molecule has 0 aliphatic carbocycles. The summed E-state index contributed by atoms with van der Waals surface area (Å²) in [5, 5.41) is 13.7. The summed E-state index contributed by atoms with van der Waals surface area (Å²) in [5.41, 5.74) is 2.85. The van der Waals surface area contributed by atoms with Crippen LogP contribution >= 0.6 is 0 Å². The third-order valence-electron chi connectivity index (χ3n) is 3.70. The van der Waals surface area contributed by atoms with Crippen LogP contribution in [0.15, 0.2) is 12.3 Å². The molecule has 0 fully saturated rings. The van der Waals surface area contributed by atoms with E-state index in [4.69, 9.17) is 5.11 Å². The third-order valence-corrected chi connectivity index (χ3v) is 3.70. The maximum atomic E-state index is 11.2. The van der Waals surface area contributed by atoms with Gasteiger partial charge < -0.3 is 5.11 Å². The van der Waals surface area contributed by atoms with Gasteiger partial charge in [0.1, 0.15) is 0 Å². The smallest absolute Gasteiger partial charge is 0.339 e. The lowest BCUT2D eigenvalue weighted by molar-refractivity contribution is 0.0694. The Kier molecular flexibility index (Phi) is 3.75. The second-order valence-corrected chi connectivity index (χ2v) is 5.71. The van der Waals surface area contributed by atoms with Crippen LogP contribution in [0.2, 0.25) is 0 Å². The first kappa shape index (κ1) is 14.4.